The van der Waals surface area contributed by atoms with Gasteiger partial charge < -0.3 is 19.7 Å². The molecule has 1 heterocycles. The SMILES string of the molecule is C=C1C(=O)O[C@H]2C[C@@H](C)[C@@H]3[C@@H](O)C[C@H](O)[C@@]3(C)[C@@H](OC(C)=O)[C@H]12. The lowest BCUT2D eigenvalue weighted by molar-refractivity contribution is -0.168. The molecule has 2 aliphatic carbocycles. The summed E-state index contributed by atoms with van der Waals surface area (Å²) in [6.45, 7) is 8.94. The van der Waals surface area contributed by atoms with Crippen molar-refractivity contribution in [2.45, 2.75) is 58.0 Å². The average Bonchev–Trinajstić information content (AvgIpc) is 2.79. The highest BCUT2D eigenvalue weighted by atomic mass is 16.6. The fraction of sp³-hybridized carbons (Fsp3) is 0.765. The Kier molecular flexibility index (Phi) is 3.80. The molecule has 0 spiro atoms. The van der Waals surface area contributed by atoms with Crippen molar-refractivity contribution in [3.63, 3.8) is 0 Å². The Labute approximate surface area is 135 Å². The number of esters is 2. The van der Waals surface area contributed by atoms with Gasteiger partial charge in [-0.3, -0.25) is 4.79 Å². The number of aliphatic hydroxyl groups is 2. The third-order valence-electron chi connectivity index (χ3n) is 6.09. The molecule has 1 saturated heterocycles. The molecular weight excluding hydrogens is 300 g/mol. The summed E-state index contributed by atoms with van der Waals surface area (Å²) in [7, 11) is 0. The van der Waals surface area contributed by atoms with Crippen molar-refractivity contribution in [1.82, 2.24) is 0 Å². The van der Waals surface area contributed by atoms with Crippen LogP contribution in [-0.4, -0.2) is 46.6 Å². The van der Waals surface area contributed by atoms with E-state index in [1.807, 2.05) is 13.8 Å². The highest BCUT2D eigenvalue weighted by Gasteiger charge is 2.65. The van der Waals surface area contributed by atoms with Crippen LogP contribution in [0.15, 0.2) is 12.2 Å². The van der Waals surface area contributed by atoms with Crippen LogP contribution in [0.2, 0.25) is 0 Å². The standard InChI is InChI=1S/C17H24O6/c1-7-5-11-13(8(2)16(21)23-11)15(22-9(3)18)17(4)12(20)6-10(19)14(7)17/h7,10-15,19-20H,2,5-6H2,1,3-4H3/t7-,10+,11+,12+,13-,14-,15+,17-/m1/s1. The number of fused-ring (bicyclic) bond motifs is 2. The zero-order valence-electron chi connectivity index (χ0n) is 13.7. The number of hydrogen-bond donors (Lipinski definition) is 2. The van der Waals surface area contributed by atoms with Gasteiger partial charge in [0, 0.05) is 24.3 Å². The quantitative estimate of drug-likeness (QED) is 0.547. The van der Waals surface area contributed by atoms with Gasteiger partial charge in [0.25, 0.3) is 0 Å². The minimum atomic E-state index is -0.846. The molecule has 0 amide bonds. The van der Waals surface area contributed by atoms with E-state index in [0.717, 1.165) is 0 Å². The predicted octanol–water partition coefficient (Wildman–Crippen LogP) is 0.804. The Morgan fingerprint density at radius 1 is 1.39 bits per heavy atom. The van der Waals surface area contributed by atoms with Crippen molar-refractivity contribution in [3.8, 4) is 0 Å². The summed E-state index contributed by atoms with van der Waals surface area (Å²) in [4.78, 5) is 23.6. The van der Waals surface area contributed by atoms with Crippen LogP contribution >= 0.6 is 0 Å². The average molecular weight is 324 g/mol. The second-order valence-electron chi connectivity index (χ2n) is 7.45. The van der Waals surface area contributed by atoms with E-state index in [1.54, 1.807) is 0 Å². The van der Waals surface area contributed by atoms with Gasteiger partial charge in [0.15, 0.2) is 0 Å². The van der Waals surface area contributed by atoms with Gasteiger partial charge in [-0.25, -0.2) is 4.79 Å². The molecule has 0 aromatic heterocycles. The van der Waals surface area contributed by atoms with E-state index in [4.69, 9.17) is 9.47 Å². The molecule has 2 N–H and O–H groups in total. The maximum Gasteiger partial charge on any atom is 0.334 e. The van der Waals surface area contributed by atoms with Gasteiger partial charge >= 0.3 is 11.9 Å². The molecule has 2 saturated carbocycles. The van der Waals surface area contributed by atoms with Crippen LogP contribution in [0.3, 0.4) is 0 Å². The lowest BCUT2D eigenvalue weighted by atomic mass is 9.67. The molecule has 0 aromatic rings. The Balaban J connectivity index is 2.12. The minimum absolute atomic E-state index is 0.0129. The van der Waals surface area contributed by atoms with Gasteiger partial charge in [-0.15, -0.1) is 0 Å². The normalized spacial score (nSPS) is 49.2. The number of aliphatic hydroxyl groups excluding tert-OH is 2. The molecule has 0 unspecified atom stereocenters. The molecule has 128 valence electrons. The van der Waals surface area contributed by atoms with E-state index in [2.05, 4.69) is 6.58 Å². The molecule has 23 heavy (non-hydrogen) atoms. The first-order chi connectivity index (χ1) is 10.7. The van der Waals surface area contributed by atoms with E-state index in [0.29, 0.717) is 6.42 Å². The molecule has 0 bridgehead atoms. The largest absolute Gasteiger partial charge is 0.461 e. The van der Waals surface area contributed by atoms with Crippen molar-refractivity contribution in [2.24, 2.45) is 23.2 Å². The van der Waals surface area contributed by atoms with E-state index in [-0.39, 0.29) is 23.8 Å². The van der Waals surface area contributed by atoms with Crippen LogP contribution in [0, 0.1) is 23.2 Å². The molecule has 0 radical (unpaired) electrons. The Morgan fingerprint density at radius 3 is 2.65 bits per heavy atom. The molecule has 8 atom stereocenters. The van der Waals surface area contributed by atoms with Gasteiger partial charge in [0.1, 0.15) is 12.2 Å². The summed E-state index contributed by atoms with van der Waals surface area (Å²) >= 11 is 0. The minimum Gasteiger partial charge on any atom is -0.461 e. The molecule has 3 rings (SSSR count). The van der Waals surface area contributed by atoms with Crippen molar-refractivity contribution in [3.05, 3.63) is 12.2 Å². The van der Waals surface area contributed by atoms with Crippen molar-refractivity contribution < 1.29 is 29.3 Å². The molecule has 6 heteroatoms. The maximum atomic E-state index is 12.0. The van der Waals surface area contributed by atoms with Crippen molar-refractivity contribution in [1.29, 1.82) is 0 Å². The number of hydrogen-bond acceptors (Lipinski definition) is 6. The van der Waals surface area contributed by atoms with Gasteiger partial charge in [0.05, 0.1) is 18.1 Å². The van der Waals surface area contributed by atoms with Crippen LogP contribution in [-0.2, 0) is 19.1 Å². The first kappa shape index (κ1) is 16.5. The topological polar surface area (TPSA) is 93.1 Å². The Bertz CT molecular complexity index is 557. The molecule has 6 nitrogen and oxygen atoms in total. The monoisotopic (exact) mass is 324 g/mol. The number of carbonyl (C=O) groups excluding carboxylic acids is 2. The Hall–Kier alpha value is -1.40. The first-order valence-electron chi connectivity index (χ1n) is 8.11. The molecule has 0 aromatic carbocycles. The van der Waals surface area contributed by atoms with Crippen molar-refractivity contribution in [2.75, 3.05) is 0 Å². The van der Waals surface area contributed by atoms with Crippen LogP contribution < -0.4 is 0 Å². The summed E-state index contributed by atoms with van der Waals surface area (Å²) in [6.07, 6.45) is -1.89. The van der Waals surface area contributed by atoms with E-state index < -0.39 is 47.7 Å². The number of rotatable bonds is 1. The van der Waals surface area contributed by atoms with Crippen LogP contribution in [0.1, 0.15) is 33.6 Å². The summed E-state index contributed by atoms with van der Waals surface area (Å²) in [5.74, 6) is -1.66. The second-order valence-corrected chi connectivity index (χ2v) is 7.45. The highest BCUT2D eigenvalue weighted by Crippen LogP contribution is 2.58. The third kappa shape index (κ3) is 2.22. The number of carbonyl (C=O) groups is 2. The second kappa shape index (κ2) is 5.31. The van der Waals surface area contributed by atoms with Gasteiger partial charge in [-0.05, 0) is 18.3 Å². The lowest BCUT2D eigenvalue weighted by Gasteiger charge is -2.43. The van der Waals surface area contributed by atoms with Gasteiger partial charge in [0.2, 0.25) is 0 Å². The van der Waals surface area contributed by atoms with Gasteiger partial charge in [-0.1, -0.05) is 20.4 Å². The predicted molar refractivity (Wildman–Crippen MR) is 80.1 cm³/mol. The summed E-state index contributed by atoms with van der Waals surface area (Å²) in [5, 5.41) is 21.1. The lowest BCUT2D eigenvalue weighted by Crippen LogP contribution is -2.51. The maximum absolute atomic E-state index is 12.0. The molecule has 3 aliphatic rings. The summed E-state index contributed by atoms with van der Waals surface area (Å²) in [5.41, 5.74) is -0.565. The Morgan fingerprint density at radius 2 is 2.04 bits per heavy atom. The summed E-state index contributed by atoms with van der Waals surface area (Å²) in [6, 6.07) is 0. The van der Waals surface area contributed by atoms with Crippen LogP contribution in [0.25, 0.3) is 0 Å². The van der Waals surface area contributed by atoms with Crippen LogP contribution in [0.4, 0.5) is 0 Å². The molecule has 1 aliphatic heterocycles. The van der Waals surface area contributed by atoms with E-state index >= 15 is 0 Å². The fourth-order valence-electron chi connectivity index (χ4n) is 5.14. The van der Waals surface area contributed by atoms with Crippen molar-refractivity contribution >= 4 is 11.9 Å². The third-order valence-corrected chi connectivity index (χ3v) is 6.09. The smallest absolute Gasteiger partial charge is 0.334 e. The zero-order chi connectivity index (χ0) is 17.1. The zero-order valence-corrected chi connectivity index (χ0v) is 13.7. The molecule has 3 fully saturated rings. The molecular formula is C17H24O6. The fourth-order valence-corrected chi connectivity index (χ4v) is 5.14. The van der Waals surface area contributed by atoms with Crippen LogP contribution in [0.5, 0.6) is 0 Å². The van der Waals surface area contributed by atoms with Gasteiger partial charge in [-0.2, -0.15) is 0 Å². The van der Waals surface area contributed by atoms with E-state index in [1.165, 1.54) is 6.92 Å². The summed E-state index contributed by atoms with van der Waals surface area (Å²) < 4.78 is 11.0. The number of ether oxygens (including phenoxy) is 2. The van der Waals surface area contributed by atoms with E-state index in [9.17, 15) is 19.8 Å². The highest BCUT2D eigenvalue weighted by molar-refractivity contribution is 5.91. The first-order valence-corrected chi connectivity index (χ1v) is 8.11.